The van der Waals surface area contributed by atoms with Gasteiger partial charge in [0.15, 0.2) is 4.77 Å². The average molecular weight is 405 g/mol. The zero-order valence-corrected chi connectivity index (χ0v) is 17.1. The molecule has 3 aromatic rings. The Balaban J connectivity index is 2.11. The smallest absolute Gasteiger partial charge is 0.266 e. The number of nitrogens with zero attached hydrogens (tertiary/aromatic N) is 1. The lowest BCUT2D eigenvalue weighted by molar-refractivity contribution is 0.923. The Labute approximate surface area is 166 Å². The predicted molar refractivity (Wildman–Crippen MR) is 111 cm³/mol. The molecule has 3 nitrogen and oxygen atoms in total. The van der Waals surface area contributed by atoms with Crippen LogP contribution in [0.5, 0.6) is 0 Å². The lowest BCUT2D eigenvalue weighted by atomic mass is 10.0. The minimum Gasteiger partial charge on any atom is -0.331 e. The molecule has 0 aliphatic heterocycles. The van der Waals surface area contributed by atoms with Gasteiger partial charge >= 0.3 is 0 Å². The highest BCUT2D eigenvalue weighted by Crippen LogP contribution is 2.45. The van der Waals surface area contributed by atoms with Gasteiger partial charge in [0, 0.05) is 10.0 Å². The van der Waals surface area contributed by atoms with Gasteiger partial charge in [-0.05, 0) is 92.2 Å². The van der Waals surface area contributed by atoms with Crippen LogP contribution in [-0.2, 0) is 0 Å². The second-order valence-corrected chi connectivity index (χ2v) is 8.25. The van der Waals surface area contributed by atoms with Crippen LogP contribution in [0.25, 0.3) is 16.6 Å². The molecule has 2 aromatic carbocycles. The Kier molecular flexibility index (Phi) is 4.25. The Morgan fingerprint density at radius 2 is 1.77 bits per heavy atom. The lowest BCUT2D eigenvalue weighted by Crippen LogP contribution is -2.22. The maximum Gasteiger partial charge on any atom is 0.266 e. The summed E-state index contributed by atoms with van der Waals surface area (Å²) in [6.45, 7) is 5.84. The van der Waals surface area contributed by atoms with E-state index in [1.807, 2.05) is 32.9 Å². The van der Waals surface area contributed by atoms with Crippen molar-refractivity contribution in [1.29, 1.82) is 0 Å². The minimum atomic E-state index is -0.155. The Hall–Kier alpha value is -1.62. The normalized spacial score (nSPS) is 14.2. The zero-order chi connectivity index (χ0) is 18.7. The van der Waals surface area contributed by atoms with Gasteiger partial charge in [-0.3, -0.25) is 9.36 Å². The molecule has 1 aliphatic rings. The van der Waals surface area contributed by atoms with Crippen LogP contribution in [0.15, 0.2) is 23.0 Å². The van der Waals surface area contributed by atoms with Gasteiger partial charge in [-0.25, -0.2) is 0 Å². The van der Waals surface area contributed by atoms with Crippen LogP contribution in [0.2, 0.25) is 10.0 Å². The number of rotatable bonds is 2. The molecule has 1 aromatic heterocycles. The molecule has 6 heteroatoms. The van der Waals surface area contributed by atoms with Gasteiger partial charge in [0.2, 0.25) is 0 Å². The molecule has 0 unspecified atom stereocenters. The summed E-state index contributed by atoms with van der Waals surface area (Å²) in [5.41, 5.74) is 5.36. The summed E-state index contributed by atoms with van der Waals surface area (Å²) in [7, 11) is 0. The van der Waals surface area contributed by atoms with Crippen molar-refractivity contribution in [3.05, 3.63) is 65.6 Å². The zero-order valence-electron chi connectivity index (χ0n) is 14.7. The number of hydrogen-bond acceptors (Lipinski definition) is 2. The van der Waals surface area contributed by atoms with E-state index < -0.39 is 0 Å². The van der Waals surface area contributed by atoms with E-state index in [2.05, 4.69) is 4.98 Å². The van der Waals surface area contributed by atoms with Crippen LogP contribution in [0.4, 0.5) is 0 Å². The van der Waals surface area contributed by atoms with E-state index in [9.17, 15) is 4.79 Å². The van der Waals surface area contributed by atoms with Crippen LogP contribution in [0, 0.1) is 25.5 Å². The van der Waals surface area contributed by atoms with Crippen molar-refractivity contribution in [3.8, 4) is 5.69 Å². The molecule has 1 heterocycles. The van der Waals surface area contributed by atoms with Crippen molar-refractivity contribution < 1.29 is 0 Å². The third kappa shape index (κ3) is 2.72. The number of nitrogens with one attached hydrogen (secondary N) is 1. The third-order valence-electron chi connectivity index (χ3n) is 5.14. The molecule has 1 saturated carbocycles. The molecule has 0 spiro atoms. The average Bonchev–Trinajstić information content (AvgIpc) is 3.39. The number of fused-ring (bicyclic) bond motifs is 1. The van der Waals surface area contributed by atoms with E-state index in [-0.39, 0.29) is 5.56 Å². The molecule has 4 rings (SSSR count). The van der Waals surface area contributed by atoms with Crippen molar-refractivity contribution in [2.24, 2.45) is 0 Å². The number of hydrogen-bond donors (Lipinski definition) is 1. The Morgan fingerprint density at radius 3 is 2.42 bits per heavy atom. The second kappa shape index (κ2) is 6.22. The summed E-state index contributed by atoms with van der Waals surface area (Å²) in [5, 5.41) is 1.87. The number of aromatic amines is 1. The maximum absolute atomic E-state index is 13.3. The number of halogens is 2. The summed E-state index contributed by atoms with van der Waals surface area (Å²) in [6.07, 6.45) is 2.24. The van der Waals surface area contributed by atoms with Gasteiger partial charge in [0.05, 0.1) is 16.6 Å². The Bertz CT molecular complexity index is 1190. The number of H-pyrrole nitrogens is 1. The number of aryl methyl sites for hydroxylation is 2. The summed E-state index contributed by atoms with van der Waals surface area (Å²) in [6, 6.07) is 5.50. The van der Waals surface area contributed by atoms with Gasteiger partial charge in [-0.15, -0.1) is 0 Å². The van der Waals surface area contributed by atoms with Crippen molar-refractivity contribution >= 4 is 46.3 Å². The standard InChI is InChI=1S/C20H18Cl2N2OS/c1-9-7-16(10(2)6-14(9)21)24-19(25)13-8-15(22)11(3)17(12-4-5-12)18(13)23-20(24)26/h6-8,12H,4-5H2,1-3H3,(H,23,26). The topological polar surface area (TPSA) is 37.8 Å². The molecule has 0 amide bonds. The van der Waals surface area contributed by atoms with E-state index in [0.29, 0.717) is 26.1 Å². The van der Waals surface area contributed by atoms with Gasteiger partial charge in [0.25, 0.3) is 5.56 Å². The van der Waals surface area contributed by atoms with E-state index in [4.69, 9.17) is 35.4 Å². The van der Waals surface area contributed by atoms with Crippen molar-refractivity contribution in [2.75, 3.05) is 0 Å². The molecular formula is C20H18Cl2N2OS. The largest absolute Gasteiger partial charge is 0.331 e. The van der Waals surface area contributed by atoms with Gasteiger partial charge in [-0.2, -0.15) is 0 Å². The van der Waals surface area contributed by atoms with Crippen LogP contribution < -0.4 is 5.56 Å². The molecule has 26 heavy (non-hydrogen) atoms. The molecule has 0 radical (unpaired) electrons. The fourth-order valence-electron chi connectivity index (χ4n) is 3.55. The highest BCUT2D eigenvalue weighted by atomic mass is 35.5. The van der Waals surface area contributed by atoms with E-state index >= 15 is 0 Å². The minimum absolute atomic E-state index is 0.155. The van der Waals surface area contributed by atoms with E-state index in [1.54, 1.807) is 10.6 Å². The van der Waals surface area contributed by atoms with Crippen molar-refractivity contribution in [3.63, 3.8) is 0 Å². The summed E-state index contributed by atoms with van der Waals surface area (Å²) < 4.78 is 1.93. The van der Waals surface area contributed by atoms with Crippen molar-refractivity contribution in [2.45, 2.75) is 39.5 Å². The first kappa shape index (κ1) is 17.8. The molecule has 0 atom stereocenters. The molecule has 134 valence electrons. The monoisotopic (exact) mass is 404 g/mol. The van der Waals surface area contributed by atoms with E-state index in [0.717, 1.165) is 46.3 Å². The molecular weight excluding hydrogens is 387 g/mol. The molecule has 0 saturated heterocycles. The van der Waals surface area contributed by atoms with Gasteiger partial charge in [-0.1, -0.05) is 23.2 Å². The highest BCUT2D eigenvalue weighted by Gasteiger charge is 2.29. The summed E-state index contributed by atoms with van der Waals surface area (Å²) in [4.78, 5) is 16.6. The fraction of sp³-hybridized carbons (Fsp3) is 0.300. The Morgan fingerprint density at radius 1 is 1.08 bits per heavy atom. The second-order valence-electron chi connectivity index (χ2n) is 7.05. The third-order valence-corrected chi connectivity index (χ3v) is 6.23. The van der Waals surface area contributed by atoms with Crippen molar-refractivity contribution in [1.82, 2.24) is 9.55 Å². The van der Waals surface area contributed by atoms with Crippen LogP contribution in [-0.4, -0.2) is 9.55 Å². The van der Waals surface area contributed by atoms with Crippen LogP contribution >= 0.6 is 35.4 Å². The molecule has 0 bridgehead atoms. The summed E-state index contributed by atoms with van der Waals surface area (Å²) in [5.74, 6) is 0.455. The first-order chi connectivity index (χ1) is 12.3. The highest BCUT2D eigenvalue weighted by molar-refractivity contribution is 7.71. The van der Waals surface area contributed by atoms with Gasteiger partial charge < -0.3 is 4.98 Å². The fourth-order valence-corrected chi connectivity index (χ4v) is 4.27. The quantitative estimate of drug-likeness (QED) is 0.519. The van der Waals surface area contributed by atoms with E-state index in [1.165, 1.54) is 0 Å². The maximum atomic E-state index is 13.3. The first-order valence-electron chi connectivity index (χ1n) is 8.54. The molecule has 1 fully saturated rings. The molecule has 1 N–H and O–H groups in total. The van der Waals surface area contributed by atoms with Crippen LogP contribution in [0.1, 0.15) is 41.0 Å². The van der Waals surface area contributed by atoms with Gasteiger partial charge in [0.1, 0.15) is 0 Å². The SMILES string of the molecule is Cc1cc(-n2c(=S)[nH]c3c(C4CC4)c(C)c(Cl)cc3c2=O)c(C)cc1Cl. The lowest BCUT2D eigenvalue weighted by Gasteiger charge is -2.16. The number of aromatic nitrogens is 2. The number of benzene rings is 2. The summed E-state index contributed by atoms with van der Waals surface area (Å²) >= 11 is 18.2. The molecule has 1 aliphatic carbocycles. The first-order valence-corrected chi connectivity index (χ1v) is 9.71. The predicted octanol–water partition coefficient (Wildman–Crippen LogP) is 6.16. The van der Waals surface area contributed by atoms with Crippen LogP contribution in [0.3, 0.4) is 0 Å².